The third-order valence-corrected chi connectivity index (χ3v) is 4.10. The molecule has 18 heavy (non-hydrogen) atoms. The zero-order valence-electron chi connectivity index (χ0n) is 11.9. The van der Waals surface area contributed by atoms with E-state index in [1.807, 2.05) is 6.92 Å². The number of aryl methyl sites for hydroxylation is 1. The lowest BCUT2D eigenvalue weighted by atomic mass is 9.91. The predicted molar refractivity (Wildman–Crippen MR) is 75.7 cm³/mol. The standard InChI is InChI=1S/C16H27NO/c1-3-17-15(16-11-10-13(2)18-16)12-14-8-6-4-5-7-9-14/h10-11,14-15,17H,3-9,12H2,1-2H3. The van der Waals surface area contributed by atoms with Gasteiger partial charge in [0.05, 0.1) is 6.04 Å². The van der Waals surface area contributed by atoms with Gasteiger partial charge in [-0.2, -0.15) is 0 Å². The van der Waals surface area contributed by atoms with Gasteiger partial charge < -0.3 is 9.73 Å². The highest BCUT2D eigenvalue weighted by atomic mass is 16.3. The molecule has 0 radical (unpaired) electrons. The van der Waals surface area contributed by atoms with Crippen molar-refractivity contribution in [1.82, 2.24) is 5.32 Å². The van der Waals surface area contributed by atoms with Crippen LogP contribution in [0.5, 0.6) is 0 Å². The zero-order valence-corrected chi connectivity index (χ0v) is 11.9. The Bertz CT molecular complexity index is 337. The van der Waals surface area contributed by atoms with Crippen molar-refractivity contribution >= 4 is 0 Å². The largest absolute Gasteiger partial charge is 0.465 e. The van der Waals surface area contributed by atoms with Gasteiger partial charge in [-0.25, -0.2) is 0 Å². The second-order valence-corrected chi connectivity index (χ2v) is 5.65. The first kappa shape index (κ1) is 13.7. The van der Waals surface area contributed by atoms with Crippen LogP contribution in [-0.4, -0.2) is 6.54 Å². The fourth-order valence-electron chi connectivity index (χ4n) is 3.12. The van der Waals surface area contributed by atoms with E-state index in [4.69, 9.17) is 4.42 Å². The normalized spacial score (nSPS) is 19.7. The van der Waals surface area contributed by atoms with Crippen molar-refractivity contribution in [2.75, 3.05) is 6.54 Å². The summed E-state index contributed by atoms with van der Waals surface area (Å²) in [5.74, 6) is 3.02. The van der Waals surface area contributed by atoms with Crippen LogP contribution in [0.4, 0.5) is 0 Å². The fourth-order valence-corrected chi connectivity index (χ4v) is 3.12. The van der Waals surface area contributed by atoms with Gasteiger partial charge in [0, 0.05) is 0 Å². The minimum Gasteiger partial charge on any atom is -0.465 e. The molecule has 2 heteroatoms. The number of rotatable bonds is 5. The summed E-state index contributed by atoms with van der Waals surface area (Å²) in [6, 6.07) is 4.62. The van der Waals surface area contributed by atoms with Gasteiger partial charge in [0.15, 0.2) is 0 Å². The molecular formula is C16H27NO. The van der Waals surface area contributed by atoms with Gasteiger partial charge in [-0.15, -0.1) is 0 Å². The van der Waals surface area contributed by atoms with Crippen molar-refractivity contribution in [2.24, 2.45) is 5.92 Å². The molecule has 2 rings (SSSR count). The molecule has 2 nitrogen and oxygen atoms in total. The molecule has 1 fully saturated rings. The summed E-state index contributed by atoms with van der Waals surface area (Å²) in [5, 5.41) is 3.59. The van der Waals surface area contributed by atoms with E-state index in [0.29, 0.717) is 6.04 Å². The van der Waals surface area contributed by atoms with Crippen molar-refractivity contribution in [1.29, 1.82) is 0 Å². The second-order valence-electron chi connectivity index (χ2n) is 5.65. The molecule has 0 aliphatic heterocycles. The summed E-state index contributed by atoms with van der Waals surface area (Å²) in [7, 11) is 0. The molecule has 0 bridgehead atoms. The van der Waals surface area contributed by atoms with Crippen molar-refractivity contribution in [3.8, 4) is 0 Å². The Hall–Kier alpha value is -0.760. The first-order valence-electron chi connectivity index (χ1n) is 7.59. The number of furan rings is 1. The van der Waals surface area contributed by atoms with Crippen LogP contribution in [-0.2, 0) is 0 Å². The van der Waals surface area contributed by atoms with Gasteiger partial charge >= 0.3 is 0 Å². The van der Waals surface area contributed by atoms with E-state index in [9.17, 15) is 0 Å². The summed E-state index contributed by atoms with van der Waals surface area (Å²) in [6.45, 7) is 5.21. The number of nitrogens with one attached hydrogen (secondary N) is 1. The molecule has 0 aromatic carbocycles. The topological polar surface area (TPSA) is 25.2 Å². The highest BCUT2D eigenvalue weighted by molar-refractivity contribution is 5.10. The molecule has 1 unspecified atom stereocenters. The van der Waals surface area contributed by atoms with Gasteiger partial charge in [0.25, 0.3) is 0 Å². The lowest BCUT2D eigenvalue weighted by Crippen LogP contribution is -2.23. The molecule has 102 valence electrons. The van der Waals surface area contributed by atoms with Crippen LogP contribution < -0.4 is 5.32 Å². The minimum atomic E-state index is 0.409. The fraction of sp³-hybridized carbons (Fsp3) is 0.750. The molecule has 0 amide bonds. The van der Waals surface area contributed by atoms with Crippen LogP contribution >= 0.6 is 0 Å². The van der Waals surface area contributed by atoms with Gasteiger partial charge in [0.2, 0.25) is 0 Å². The SMILES string of the molecule is CCNC(CC1CCCCCC1)c1ccc(C)o1. The lowest BCUT2D eigenvalue weighted by Gasteiger charge is -2.21. The maximum atomic E-state index is 5.81. The van der Waals surface area contributed by atoms with Crippen molar-refractivity contribution in [3.63, 3.8) is 0 Å². The van der Waals surface area contributed by atoms with Crippen LogP contribution in [0.25, 0.3) is 0 Å². The molecule has 1 atom stereocenters. The number of hydrogen-bond acceptors (Lipinski definition) is 2. The molecule has 1 N–H and O–H groups in total. The van der Waals surface area contributed by atoms with Crippen molar-refractivity contribution in [2.45, 2.75) is 64.8 Å². The quantitative estimate of drug-likeness (QED) is 0.771. The maximum Gasteiger partial charge on any atom is 0.121 e. The van der Waals surface area contributed by atoms with Gasteiger partial charge in [-0.3, -0.25) is 0 Å². The summed E-state index contributed by atoms with van der Waals surface area (Å²) < 4.78 is 5.81. The molecule has 1 aliphatic rings. The average Bonchev–Trinajstić information content (AvgIpc) is 2.63. The van der Waals surface area contributed by atoms with E-state index in [1.165, 1.54) is 44.9 Å². The predicted octanol–water partition coefficient (Wildman–Crippen LogP) is 4.60. The third kappa shape index (κ3) is 3.88. The van der Waals surface area contributed by atoms with E-state index < -0.39 is 0 Å². The van der Waals surface area contributed by atoms with Gasteiger partial charge in [0.1, 0.15) is 11.5 Å². The van der Waals surface area contributed by atoms with Crippen molar-refractivity contribution < 1.29 is 4.42 Å². The maximum absolute atomic E-state index is 5.81. The smallest absolute Gasteiger partial charge is 0.121 e. The molecular weight excluding hydrogens is 222 g/mol. The molecule has 0 spiro atoms. The van der Waals surface area contributed by atoms with E-state index in [0.717, 1.165) is 24.0 Å². The summed E-state index contributed by atoms with van der Waals surface area (Å²) in [6.07, 6.45) is 9.75. The monoisotopic (exact) mass is 249 g/mol. The Kier molecular flexibility index (Phi) is 5.30. The molecule has 0 saturated heterocycles. The Labute approximate surface area is 111 Å². The summed E-state index contributed by atoms with van der Waals surface area (Å²) >= 11 is 0. The highest BCUT2D eigenvalue weighted by Gasteiger charge is 2.20. The lowest BCUT2D eigenvalue weighted by molar-refractivity contribution is 0.319. The Balaban J connectivity index is 1.96. The molecule has 1 heterocycles. The zero-order chi connectivity index (χ0) is 12.8. The number of hydrogen-bond donors (Lipinski definition) is 1. The Morgan fingerprint density at radius 3 is 2.50 bits per heavy atom. The van der Waals surface area contributed by atoms with Crippen LogP contribution in [0.15, 0.2) is 16.5 Å². The average molecular weight is 249 g/mol. The molecule has 1 saturated carbocycles. The van der Waals surface area contributed by atoms with Gasteiger partial charge in [-0.05, 0) is 37.9 Å². The Morgan fingerprint density at radius 1 is 1.22 bits per heavy atom. The summed E-state index contributed by atoms with van der Waals surface area (Å²) in [4.78, 5) is 0. The minimum absolute atomic E-state index is 0.409. The van der Waals surface area contributed by atoms with Crippen LogP contribution in [0.2, 0.25) is 0 Å². The van der Waals surface area contributed by atoms with Crippen molar-refractivity contribution in [3.05, 3.63) is 23.7 Å². The highest BCUT2D eigenvalue weighted by Crippen LogP contribution is 2.31. The van der Waals surface area contributed by atoms with E-state index in [-0.39, 0.29) is 0 Å². The molecule has 1 aliphatic carbocycles. The van der Waals surface area contributed by atoms with Gasteiger partial charge in [-0.1, -0.05) is 45.4 Å². The first-order valence-corrected chi connectivity index (χ1v) is 7.59. The van der Waals surface area contributed by atoms with Crippen LogP contribution in [0.1, 0.15) is 69.4 Å². The Morgan fingerprint density at radius 2 is 1.94 bits per heavy atom. The second kappa shape index (κ2) is 6.98. The molecule has 1 aromatic heterocycles. The summed E-state index contributed by atoms with van der Waals surface area (Å²) in [5.41, 5.74) is 0. The third-order valence-electron chi connectivity index (χ3n) is 4.10. The van der Waals surface area contributed by atoms with Crippen LogP contribution in [0, 0.1) is 12.8 Å². The van der Waals surface area contributed by atoms with E-state index in [2.05, 4.69) is 24.4 Å². The first-order chi connectivity index (χ1) is 8.79. The van der Waals surface area contributed by atoms with Crippen LogP contribution in [0.3, 0.4) is 0 Å². The van der Waals surface area contributed by atoms with E-state index in [1.54, 1.807) is 0 Å². The van der Waals surface area contributed by atoms with E-state index >= 15 is 0 Å². The molecule has 1 aromatic rings.